The van der Waals surface area contributed by atoms with Crippen LogP contribution in [-0.2, 0) is 17.9 Å². The third kappa shape index (κ3) is 4.24. The van der Waals surface area contributed by atoms with E-state index in [-0.39, 0.29) is 6.54 Å². The highest BCUT2D eigenvalue weighted by Crippen LogP contribution is 2.06. The Labute approximate surface area is 118 Å². The molecule has 1 aliphatic heterocycles. The van der Waals surface area contributed by atoms with Crippen molar-refractivity contribution < 1.29 is 9.90 Å². The van der Waals surface area contributed by atoms with Gasteiger partial charge in [0.25, 0.3) is 0 Å². The molecule has 0 spiro atoms. The van der Waals surface area contributed by atoms with E-state index in [4.69, 9.17) is 5.11 Å². The van der Waals surface area contributed by atoms with Crippen LogP contribution in [-0.4, -0.2) is 73.8 Å². The fraction of sp³-hybridized carbons (Fsp3) is 0.833. The van der Waals surface area contributed by atoms with Crippen molar-refractivity contribution in [3.05, 3.63) is 5.82 Å². The summed E-state index contributed by atoms with van der Waals surface area (Å²) in [5, 5.41) is 20.6. The predicted octanol–water partition coefficient (Wildman–Crippen LogP) is -0.325. The largest absolute Gasteiger partial charge is 0.480 e. The predicted molar refractivity (Wildman–Crippen MR) is 72.1 cm³/mol. The summed E-state index contributed by atoms with van der Waals surface area (Å²) >= 11 is 0. The Hall–Kier alpha value is -1.54. The highest BCUT2D eigenvalue weighted by molar-refractivity contribution is 5.69. The topological polar surface area (TPSA) is 87.4 Å². The van der Waals surface area contributed by atoms with Gasteiger partial charge in [0.2, 0.25) is 0 Å². The molecule has 1 aliphatic rings. The van der Waals surface area contributed by atoms with Crippen molar-refractivity contribution in [1.82, 2.24) is 30.0 Å². The molecule has 1 aromatic heterocycles. The van der Waals surface area contributed by atoms with E-state index < -0.39 is 5.97 Å². The Bertz CT molecular complexity index is 427. The molecule has 2 heterocycles. The molecule has 8 heteroatoms. The number of tetrazole rings is 1. The molecule has 1 aromatic rings. The van der Waals surface area contributed by atoms with Crippen LogP contribution in [0.2, 0.25) is 0 Å². The Morgan fingerprint density at radius 2 is 1.95 bits per heavy atom. The van der Waals surface area contributed by atoms with Gasteiger partial charge in [-0.3, -0.25) is 14.6 Å². The number of rotatable bonds is 7. The van der Waals surface area contributed by atoms with E-state index in [1.165, 1.54) is 0 Å². The molecule has 0 atom stereocenters. The summed E-state index contributed by atoms with van der Waals surface area (Å²) in [7, 11) is 0. The molecule has 8 nitrogen and oxygen atoms in total. The second-order valence-electron chi connectivity index (χ2n) is 5.12. The molecule has 0 saturated carbocycles. The molecule has 0 bridgehead atoms. The van der Waals surface area contributed by atoms with Crippen molar-refractivity contribution in [1.29, 1.82) is 0 Å². The molecule has 0 amide bonds. The van der Waals surface area contributed by atoms with Gasteiger partial charge in [0.1, 0.15) is 0 Å². The van der Waals surface area contributed by atoms with E-state index in [2.05, 4.69) is 27.3 Å². The first kappa shape index (κ1) is 14.9. The van der Waals surface area contributed by atoms with Crippen LogP contribution in [0.15, 0.2) is 0 Å². The fourth-order valence-electron chi connectivity index (χ4n) is 2.31. The zero-order valence-corrected chi connectivity index (χ0v) is 11.9. The summed E-state index contributed by atoms with van der Waals surface area (Å²) in [4.78, 5) is 14.9. The maximum Gasteiger partial charge on any atom is 0.317 e. The first-order chi connectivity index (χ1) is 9.69. The van der Waals surface area contributed by atoms with E-state index in [1.807, 2.05) is 9.58 Å². The smallest absolute Gasteiger partial charge is 0.317 e. The van der Waals surface area contributed by atoms with Crippen molar-refractivity contribution in [2.45, 2.75) is 32.9 Å². The third-order valence-electron chi connectivity index (χ3n) is 3.52. The van der Waals surface area contributed by atoms with E-state index >= 15 is 0 Å². The molecule has 1 N–H and O–H groups in total. The second kappa shape index (κ2) is 7.30. The molecule has 2 rings (SSSR count). The maximum atomic E-state index is 10.7. The number of piperazine rings is 1. The van der Waals surface area contributed by atoms with Gasteiger partial charge in [-0.2, -0.15) is 0 Å². The van der Waals surface area contributed by atoms with Crippen molar-refractivity contribution in [3.8, 4) is 0 Å². The number of hydrogen-bond acceptors (Lipinski definition) is 6. The lowest BCUT2D eigenvalue weighted by Gasteiger charge is -2.33. The van der Waals surface area contributed by atoms with Crippen LogP contribution in [0.4, 0.5) is 0 Å². The standard InChI is InChI=1S/C12H22N6O2/c1-2-3-4-18-11(13-14-15-18)9-16-5-7-17(8-6-16)10-12(19)20/h2-10H2,1H3,(H,19,20). The number of nitrogens with zero attached hydrogens (tertiary/aromatic N) is 6. The summed E-state index contributed by atoms with van der Waals surface area (Å²) in [6.07, 6.45) is 2.19. The van der Waals surface area contributed by atoms with Crippen LogP contribution in [0.1, 0.15) is 25.6 Å². The molecule has 0 radical (unpaired) electrons. The molecule has 0 aliphatic carbocycles. The van der Waals surface area contributed by atoms with Gasteiger partial charge in [0, 0.05) is 32.7 Å². The second-order valence-corrected chi connectivity index (χ2v) is 5.12. The fourth-order valence-corrected chi connectivity index (χ4v) is 2.31. The number of unbranched alkanes of at least 4 members (excludes halogenated alkanes) is 1. The van der Waals surface area contributed by atoms with Gasteiger partial charge in [-0.25, -0.2) is 4.68 Å². The lowest BCUT2D eigenvalue weighted by Crippen LogP contribution is -2.47. The lowest BCUT2D eigenvalue weighted by atomic mass is 10.3. The third-order valence-corrected chi connectivity index (χ3v) is 3.52. The number of carbonyl (C=O) groups is 1. The van der Waals surface area contributed by atoms with Gasteiger partial charge >= 0.3 is 5.97 Å². The van der Waals surface area contributed by atoms with Gasteiger partial charge in [0.15, 0.2) is 5.82 Å². The van der Waals surface area contributed by atoms with E-state index in [1.54, 1.807) is 0 Å². The Morgan fingerprint density at radius 1 is 1.25 bits per heavy atom. The van der Waals surface area contributed by atoms with Gasteiger partial charge < -0.3 is 5.11 Å². The summed E-state index contributed by atoms with van der Waals surface area (Å²) < 4.78 is 1.87. The van der Waals surface area contributed by atoms with Crippen LogP contribution >= 0.6 is 0 Å². The first-order valence-electron chi connectivity index (χ1n) is 7.10. The number of aryl methyl sites for hydroxylation is 1. The minimum Gasteiger partial charge on any atom is -0.480 e. The van der Waals surface area contributed by atoms with Crippen LogP contribution in [0.5, 0.6) is 0 Å². The molecule has 0 unspecified atom stereocenters. The SMILES string of the molecule is CCCCn1nnnc1CN1CCN(CC(=O)O)CC1. The average molecular weight is 282 g/mol. The highest BCUT2D eigenvalue weighted by Gasteiger charge is 2.20. The number of aliphatic carboxylic acids is 1. The molecule has 112 valence electrons. The van der Waals surface area contributed by atoms with Crippen LogP contribution in [0.25, 0.3) is 0 Å². The minimum absolute atomic E-state index is 0.127. The van der Waals surface area contributed by atoms with Crippen LogP contribution < -0.4 is 0 Å². The molecular weight excluding hydrogens is 260 g/mol. The lowest BCUT2D eigenvalue weighted by molar-refractivity contribution is -0.138. The zero-order valence-electron chi connectivity index (χ0n) is 11.9. The Balaban J connectivity index is 1.80. The summed E-state index contributed by atoms with van der Waals surface area (Å²) in [5.74, 6) is 0.132. The number of carboxylic acids is 1. The number of aromatic nitrogens is 4. The average Bonchev–Trinajstić information content (AvgIpc) is 2.85. The number of hydrogen-bond donors (Lipinski definition) is 1. The van der Waals surface area contributed by atoms with Crippen LogP contribution in [0.3, 0.4) is 0 Å². The van der Waals surface area contributed by atoms with Crippen molar-refractivity contribution in [3.63, 3.8) is 0 Å². The molecule has 1 saturated heterocycles. The quantitative estimate of drug-likeness (QED) is 0.733. The Morgan fingerprint density at radius 3 is 2.60 bits per heavy atom. The zero-order chi connectivity index (χ0) is 14.4. The van der Waals surface area contributed by atoms with Gasteiger partial charge in [0.05, 0.1) is 13.1 Å². The summed E-state index contributed by atoms with van der Waals surface area (Å²) in [5.41, 5.74) is 0. The van der Waals surface area contributed by atoms with E-state index in [9.17, 15) is 4.79 Å². The summed E-state index contributed by atoms with van der Waals surface area (Å²) in [6.45, 7) is 7.14. The van der Waals surface area contributed by atoms with Crippen molar-refractivity contribution >= 4 is 5.97 Å². The molecular formula is C12H22N6O2. The number of carboxylic acid groups (broad SMARTS) is 1. The van der Waals surface area contributed by atoms with Gasteiger partial charge in [-0.1, -0.05) is 13.3 Å². The van der Waals surface area contributed by atoms with Crippen LogP contribution in [0, 0.1) is 0 Å². The summed E-state index contributed by atoms with van der Waals surface area (Å²) in [6, 6.07) is 0. The van der Waals surface area contributed by atoms with Crippen molar-refractivity contribution in [2.24, 2.45) is 0 Å². The van der Waals surface area contributed by atoms with Gasteiger partial charge in [-0.15, -0.1) is 5.10 Å². The van der Waals surface area contributed by atoms with E-state index in [0.29, 0.717) is 0 Å². The highest BCUT2D eigenvalue weighted by atomic mass is 16.4. The normalized spacial score (nSPS) is 17.4. The molecule has 0 aromatic carbocycles. The Kier molecular flexibility index (Phi) is 5.42. The molecule has 20 heavy (non-hydrogen) atoms. The van der Waals surface area contributed by atoms with E-state index in [0.717, 1.165) is 57.9 Å². The minimum atomic E-state index is -0.762. The van der Waals surface area contributed by atoms with Crippen molar-refractivity contribution in [2.75, 3.05) is 32.7 Å². The molecule has 1 fully saturated rings. The maximum absolute atomic E-state index is 10.7. The monoisotopic (exact) mass is 282 g/mol. The van der Waals surface area contributed by atoms with Gasteiger partial charge in [-0.05, 0) is 16.8 Å². The first-order valence-corrected chi connectivity index (χ1v) is 7.10.